The Balaban J connectivity index is 1.84. The highest BCUT2D eigenvalue weighted by atomic mass is 16.5. The van der Waals surface area contributed by atoms with Gasteiger partial charge in [0, 0.05) is 12.8 Å². The number of phenolic OH excluding ortho intramolecular Hbond substituents is 1. The molecule has 0 bridgehead atoms. The lowest BCUT2D eigenvalue weighted by Crippen LogP contribution is -2.42. The van der Waals surface area contributed by atoms with Crippen LogP contribution in [0.25, 0.3) is 0 Å². The quantitative estimate of drug-likeness (QED) is 0.739. The van der Waals surface area contributed by atoms with E-state index in [1.165, 1.54) is 6.07 Å². The summed E-state index contributed by atoms with van der Waals surface area (Å²) in [5, 5.41) is 21.9. The van der Waals surface area contributed by atoms with E-state index in [1.54, 1.807) is 24.3 Å². The molecule has 0 saturated carbocycles. The minimum Gasteiger partial charge on any atom is -0.508 e. The van der Waals surface area contributed by atoms with Gasteiger partial charge in [-0.05, 0) is 35.2 Å². The number of nitrogens with one attached hydrogen (secondary N) is 1. The van der Waals surface area contributed by atoms with Crippen LogP contribution in [0.15, 0.2) is 36.4 Å². The van der Waals surface area contributed by atoms with Gasteiger partial charge < -0.3 is 20.3 Å². The largest absolute Gasteiger partial charge is 0.508 e. The summed E-state index contributed by atoms with van der Waals surface area (Å²) >= 11 is 0. The number of benzene rings is 2. The Labute approximate surface area is 151 Å². The fourth-order valence-electron chi connectivity index (χ4n) is 3.09. The third-order valence-corrected chi connectivity index (χ3v) is 4.52. The van der Waals surface area contributed by atoms with Crippen LogP contribution in [0.1, 0.15) is 34.0 Å². The van der Waals surface area contributed by atoms with Crippen LogP contribution in [0.3, 0.4) is 0 Å². The second kappa shape index (κ2) is 7.47. The van der Waals surface area contributed by atoms with Crippen molar-refractivity contribution in [2.24, 2.45) is 0 Å². The molecule has 3 N–H and O–H groups in total. The lowest BCUT2D eigenvalue weighted by Gasteiger charge is -2.17. The first-order chi connectivity index (χ1) is 12.5. The smallest absolute Gasteiger partial charge is 0.326 e. The Hall–Kier alpha value is -3.02. The third-order valence-electron chi connectivity index (χ3n) is 4.52. The van der Waals surface area contributed by atoms with E-state index in [1.807, 2.05) is 13.0 Å². The number of amides is 1. The van der Waals surface area contributed by atoms with E-state index >= 15 is 0 Å². The van der Waals surface area contributed by atoms with Crippen LogP contribution < -0.4 is 10.1 Å². The van der Waals surface area contributed by atoms with Gasteiger partial charge in [-0.1, -0.05) is 31.2 Å². The Kier molecular flexibility index (Phi) is 5.11. The van der Waals surface area contributed by atoms with Crippen molar-refractivity contribution in [1.82, 2.24) is 5.32 Å². The molecule has 1 amide bonds. The molecule has 0 aliphatic carbocycles. The van der Waals surface area contributed by atoms with Gasteiger partial charge in [-0.15, -0.1) is 0 Å². The maximum Gasteiger partial charge on any atom is 0.326 e. The van der Waals surface area contributed by atoms with E-state index in [2.05, 4.69) is 5.32 Å². The van der Waals surface area contributed by atoms with Gasteiger partial charge in [0.1, 0.15) is 17.5 Å². The van der Waals surface area contributed by atoms with E-state index in [-0.39, 0.29) is 12.2 Å². The van der Waals surface area contributed by atoms with Crippen LogP contribution in [-0.2, 0) is 24.1 Å². The average Bonchev–Trinajstić information content (AvgIpc) is 3.10. The average molecular weight is 355 g/mol. The van der Waals surface area contributed by atoms with Gasteiger partial charge in [0.2, 0.25) is 0 Å². The van der Waals surface area contributed by atoms with E-state index in [0.717, 1.165) is 24.0 Å². The summed E-state index contributed by atoms with van der Waals surface area (Å²) in [7, 11) is 0. The molecule has 2 aromatic carbocycles. The fraction of sp³-hybridized carbons (Fsp3) is 0.300. The Morgan fingerprint density at radius 3 is 2.73 bits per heavy atom. The number of aliphatic carboxylic acids is 1. The normalized spacial score (nSPS) is 13.6. The number of carbonyl (C=O) groups excluding carboxylic acids is 1. The highest BCUT2D eigenvalue weighted by molar-refractivity contribution is 5.99. The standard InChI is InChI=1S/C20H21NO5/c1-2-12-9-14-7-8-26-18(14)15(10-12)19(23)21-16(20(24)25)11-13-5-3-4-6-17(13)22/h3-6,9-10,16,22H,2,7-8,11H2,1H3,(H,21,23)(H,24,25). The van der Waals surface area contributed by atoms with E-state index in [0.29, 0.717) is 23.5 Å². The maximum atomic E-state index is 12.7. The number of para-hydroxylation sites is 1. The summed E-state index contributed by atoms with van der Waals surface area (Å²) in [6, 6.07) is 9.11. The number of aromatic hydroxyl groups is 1. The zero-order valence-electron chi connectivity index (χ0n) is 14.5. The molecule has 0 aromatic heterocycles. The second-order valence-electron chi connectivity index (χ2n) is 6.28. The molecule has 6 heteroatoms. The Morgan fingerprint density at radius 1 is 1.27 bits per heavy atom. The molecule has 1 aliphatic heterocycles. The molecule has 1 atom stereocenters. The van der Waals surface area contributed by atoms with E-state index in [4.69, 9.17) is 4.74 Å². The van der Waals surface area contributed by atoms with Gasteiger partial charge in [-0.25, -0.2) is 4.79 Å². The number of carboxylic acids is 1. The topological polar surface area (TPSA) is 95.9 Å². The molecule has 2 aromatic rings. The molecule has 136 valence electrons. The number of fused-ring (bicyclic) bond motifs is 1. The number of hydrogen-bond donors (Lipinski definition) is 3. The number of phenols is 1. The highest BCUT2D eigenvalue weighted by Gasteiger charge is 2.26. The molecule has 3 rings (SSSR count). The first kappa shape index (κ1) is 17.8. The van der Waals surface area contributed by atoms with Crippen molar-refractivity contribution in [2.75, 3.05) is 6.61 Å². The summed E-state index contributed by atoms with van der Waals surface area (Å²) < 4.78 is 5.58. The summed E-state index contributed by atoms with van der Waals surface area (Å²) in [5.74, 6) is -1.11. The van der Waals surface area contributed by atoms with Gasteiger partial charge >= 0.3 is 5.97 Å². The fourth-order valence-corrected chi connectivity index (χ4v) is 3.09. The number of ether oxygens (including phenoxy) is 1. The summed E-state index contributed by atoms with van der Waals surface area (Å²) in [4.78, 5) is 24.4. The van der Waals surface area contributed by atoms with Crippen LogP contribution in [0, 0.1) is 0 Å². The lowest BCUT2D eigenvalue weighted by molar-refractivity contribution is -0.139. The molecular weight excluding hydrogens is 334 g/mol. The minimum absolute atomic E-state index is 0.00482. The van der Waals surface area contributed by atoms with Crippen molar-refractivity contribution >= 4 is 11.9 Å². The number of rotatable bonds is 6. The Morgan fingerprint density at radius 2 is 2.04 bits per heavy atom. The van der Waals surface area contributed by atoms with Crippen molar-refractivity contribution < 1.29 is 24.5 Å². The zero-order chi connectivity index (χ0) is 18.7. The first-order valence-corrected chi connectivity index (χ1v) is 8.58. The molecule has 26 heavy (non-hydrogen) atoms. The molecule has 0 radical (unpaired) electrons. The number of aryl methyl sites for hydroxylation is 1. The van der Waals surface area contributed by atoms with Crippen molar-refractivity contribution in [3.63, 3.8) is 0 Å². The molecule has 0 spiro atoms. The molecule has 1 aliphatic rings. The van der Waals surface area contributed by atoms with Crippen molar-refractivity contribution in [1.29, 1.82) is 0 Å². The monoisotopic (exact) mass is 355 g/mol. The molecular formula is C20H21NO5. The Bertz CT molecular complexity index is 846. The predicted molar refractivity (Wildman–Crippen MR) is 95.7 cm³/mol. The highest BCUT2D eigenvalue weighted by Crippen LogP contribution is 2.31. The van der Waals surface area contributed by atoms with Crippen LogP contribution in [0.2, 0.25) is 0 Å². The molecule has 0 fully saturated rings. The summed E-state index contributed by atoms with van der Waals surface area (Å²) in [5.41, 5.74) is 2.80. The number of carbonyl (C=O) groups is 2. The SMILES string of the molecule is CCc1cc2c(c(C(=O)NC(Cc3ccccc3O)C(=O)O)c1)OCC2. The lowest BCUT2D eigenvalue weighted by atomic mass is 10.0. The van der Waals surface area contributed by atoms with Crippen molar-refractivity contribution in [2.45, 2.75) is 32.2 Å². The van der Waals surface area contributed by atoms with Gasteiger partial charge in [0.15, 0.2) is 0 Å². The van der Waals surface area contributed by atoms with Crippen molar-refractivity contribution in [3.05, 3.63) is 58.7 Å². The minimum atomic E-state index is -1.16. The number of carboxylic acid groups (broad SMARTS) is 1. The van der Waals surface area contributed by atoms with Gasteiger partial charge in [0.05, 0.1) is 12.2 Å². The third kappa shape index (κ3) is 3.64. The van der Waals surface area contributed by atoms with Gasteiger partial charge in [0.25, 0.3) is 5.91 Å². The van der Waals surface area contributed by atoms with Crippen LogP contribution in [-0.4, -0.2) is 34.7 Å². The van der Waals surface area contributed by atoms with Crippen LogP contribution in [0.4, 0.5) is 0 Å². The van der Waals surface area contributed by atoms with Gasteiger partial charge in [-0.2, -0.15) is 0 Å². The predicted octanol–water partition coefficient (Wildman–Crippen LogP) is 2.32. The summed E-state index contributed by atoms with van der Waals surface area (Å²) in [6.45, 7) is 2.51. The molecule has 1 heterocycles. The van der Waals surface area contributed by atoms with E-state index < -0.39 is 17.9 Å². The zero-order valence-corrected chi connectivity index (χ0v) is 14.5. The van der Waals surface area contributed by atoms with Crippen LogP contribution >= 0.6 is 0 Å². The van der Waals surface area contributed by atoms with Crippen molar-refractivity contribution in [3.8, 4) is 11.5 Å². The van der Waals surface area contributed by atoms with Gasteiger partial charge in [-0.3, -0.25) is 4.79 Å². The number of hydrogen-bond acceptors (Lipinski definition) is 4. The molecule has 6 nitrogen and oxygen atoms in total. The van der Waals surface area contributed by atoms with Crippen LogP contribution in [0.5, 0.6) is 11.5 Å². The first-order valence-electron chi connectivity index (χ1n) is 8.58. The molecule has 1 unspecified atom stereocenters. The second-order valence-corrected chi connectivity index (χ2v) is 6.28. The molecule has 0 saturated heterocycles. The maximum absolute atomic E-state index is 12.7. The van der Waals surface area contributed by atoms with E-state index in [9.17, 15) is 19.8 Å². The summed E-state index contributed by atoms with van der Waals surface area (Å²) in [6.07, 6.45) is 1.50.